The van der Waals surface area contributed by atoms with E-state index >= 15 is 0 Å². The summed E-state index contributed by atoms with van der Waals surface area (Å²) >= 11 is 0. The molecule has 7 heteroatoms. The summed E-state index contributed by atoms with van der Waals surface area (Å²) in [4.78, 5) is 31.3. The Morgan fingerprint density at radius 1 is 1.29 bits per heavy atom. The third-order valence-corrected chi connectivity index (χ3v) is 2.98. The van der Waals surface area contributed by atoms with Crippen molar-refractivity contribution in [3.8, 4) is 0 Å². The number of ether oxygens (including phenoxy) is 2. The summed E-state index contributed by atoms with van der Waals surface area (Å²) in [5, 5.41) is 2.50. The van der Waals surface area contributed by atoms with Gasteiger partial charge in [-0.25, -0.2) is 9.78 Å². The molecule has 0 spiro atoms. The van der Waals surface area contributed by atoms with E-state index in [1.54, 1.807) is 27.0 Å². The number of rotatable bonds is 3. The minimum atomic E-state index is -0.580. The number of carbonyl (C=O) groups excluding carboxylic acids is 2. The Labute approximate surface area is 123 Å². The SMILES string of the molecule is COC(=O)[C@H]1CC1c1cnc(NC(=O)OC(C)(C)C)cn1. The normalized spacial score (nSPS) is 20.6. The van der Waals surface area contributed by atoms with Crippen molar-refractivity contribution in [2.24, 2.45) is 5.92 Å². The van der Waals surface area contributed by atoms with E-state index in [1.165, 1.54) is 13.3 Å². The molecule has 114 valence electrons. The van der Waals surface area contributed by atoms with E-state index in [9.17, 15) is 9.59 Å². The van der Waals surface area contributed by atoms with Crippen LogP contribution in [-0.4, -0.2) is 34.7 Å². The van der Waals surface area contributed by atoms with Crippen LogP contribution in [0.5, 0.6) is 0 Å². The fourth-order valence-corrected chi connectivity index (χ4v) is 1.94. The molecule has 0 radical (unpaired) electrons. The first-order valence-corrected chi connectivity index (χ1v) is 6.70. The standard InChI is InChI=1S/C14H19N3O4/c1-14(2,3)21-13(19)17-11-7-15-10(6-16-11)8-5-9(8)12(18)20-4/h6-9H,5H2,1-4H3,(H,16,17,19)/t8?,9-/m0/s1. The van der Waals surface area contributed by atoms with Gasteiger partial charge in [-0.1, -0.05) is 0 Å². The topological polar surface area (TPSA) is 90.4 Å². The molecule has 1 aromatic rings. The van der Waals surface area contributed by atoms with Crippen LogP contribution in [0.3, 0.4) is 0 Å². The molecule has 1 fully saturated rings. The molecule has 0 aromatic carbocycles. The van der Waals surface area contributed by atoms with Crippen LogP contribution >= 0.6 is 0 Å². The molecule has 1 aromatic heterocycles. The van der Waals surface area contributed by atoms with Crippen LogP contribution in [0.15, 0.2) is 12.4 Å². The van der Waals surface area contributed by atoms with Gasteiger partial charge in [0.25, 0.3) is 0 Å². The van der Waals surface area contributed by atoms with Crippen LogP contribution < -0.4 is 5.32 Å². The highest BCUT2D eigenvalue weighted by atomic mass is 16.6. The molecule has 0 saturated heterocycles. The number of carbonyl (C=O) groups is 2. The predicted octanol–water partition coefficient (Wildman–Crippen LogP) is 2.10. The smallest absolute Gasteiger partial charge is 0.413 e. The summed E-state index contributed by atoms with van der Waals surface area (Å²) in [7, 11) is 1.37. The maximum atomic E-state index is 11.6. The maximum Gasteiger partial charge on any atom is 0.413 e. The lowest BCUT2D eigenvalue weighted by Crippen LogP contribution is -2.27. The summed E-state index contributed by atoms with van der Waals surface area (Å²) in [6.07, 6.45) is 3.15. The van der Waals surface area contributed by atoms with Crippen LogP contribution in [0.1, 0.15) is 38.8 Å². The number of methoxy groups -OCH3 is 1. The van der Waals surface area contributed by atoms with Crippen molar-refractivity contribution in [2.45, 2.75) is 38.7 Å². The molecule has 1 saturated carbocycles. The molecule has 21 heavy (non-hydrogen) atoms. The van der Waals surface area contributed by atoms with Crippen LogP contribution in [0, 0.1) is 5.92 Å². The molecule has 1 amide bonds. The van der Waals surface area contributed by atoms with Crippen molar-refractivity contribution in [1.82, 2.24) is 9.97 Å². The van der Waals surface area contributed by atoms with E-state index in [4.69, 9.17) is 4.74 Å². The number of hydrogen-bond donors (Lipinski definition) is 1. The number of amides is 1. The first-order chi connectivity index (χ1) is 9.80. The van der Waals surface area contributed by atoms with Gasteiger partial charge in [0.1, 0.15) is 5.60 Å². The minimum Gasteiger partial charge on any atom is -0.469 e. The van der Waals surface area contributed by atoms with Crippen molar-refractivity contribution < 1.29 is 19.1 Å². The third kappa shape index (κ3) is 4.14. The summed E-state index contributed by atoms with van der Waals surface area (Å²) in [6.45, 7) is 5.34. The minimum absolute atomic E-state index is 0.0560. The maximum absolute atomic E-state index is 11.6. The highest BCUT2D eigenvalue weighted by molar-refractivity contribution is 5.83. The second-order valence-electron chi connectivity index (χ2n) is 5.93. The van der Waals surface area contributed by atoms with Gasteiger partial charge in [-0.3, -0.25) is 15.1 Å². The third-order valence-electron chi connectivity index (χ3n) is 2.98. The summed E-state index contributed by atoms with van der Waals surface area (Å²) < 4.78 is 9.80. The van der Waals surface area contributed by atoms with E-state index in [-0.39, 0.29) is 17.8 Å². The fraction of sp³-hybridized carbons (Fsp3) is 0.571. The summed E-state index contributed by atoms with van der Waals surface area (Å²) in [6, 6.07) is 0. The Bertz CT molecular complexity index is 536. The lowest BCUT2D eigenvalue weighted by molar-refractivity contribution is -0.142. The van der Waals surface area contributed by atoms with Crippen LogP contribution in [0.2, 0.25) is 0 Å². The van der Waals surface area contributed by atoms with Gasteiger partial charge in [-0.05, 0) is 27.2 Å². The first-order valence-electron chi connectivity index (χ1n) is 6.70. The molecule has 0 aliphatic heterocycles. The molecule has 0 bridgehead atoms. The zero-order valence-electron chi connectivity index (χ0n) is 12.5. The monoisotopic (exact) mass is 293 g/mol. The van der Waals surface area contributed by atoms with Crippen LogP contribution in [0.4, 0.5) is 10.6 Å². The summed E-state index contributed by atoms with van der Waals surface area (Å²) in [5.41, 5.74) is 0.152. The molecule has 1 aliphatic rings. The molecule has 2 atom stereocenters. The fourth-order valence-electron chi connectivity index (χ4n) is 1.94. The highest BCUT2D eigenvalue weighted by Gasteiger charge is 2.46. The zero-order chi connectivity index (χ0) is 15.6. The lowest BCUT2D eigenvalue weighted by atomic mass is 10.2. The highest BCUT2D eigenvalue weighted by Crippen LogP contribution is 2.47. The predicted molar refractivity (Wildman–Crippen MR) is 74.8 cm³/mol. The van der Waals surface area contributed by atoms with E-state index in [1.807, 2.05) is 0 Å². The summed E-state index contributed by atoms with van der Waals surface area (Å²) in [5.74, 6) is 0.00974. The molecular weight excluding hydrogens is 274 g/mol. The number of esters is 1. The van der Waals surface area contributed by atoms with Gasteiger partial charge in [-0.2, -0.15) is 0 Å². The van der Waals surface area contributed by atoms with E-state index < -0.39 is 11.7 Å². The first kappa shape index (κ1) is 15.2. The second kappa shape index (κ2) is 5.67. The van der Waals surface area contributed by atoms with E-state index in [2.05, 4.69) is 20.0 Å². The lowest BCUT2D eigenvalue weighted by Gasteiger charge is -2.19. The van der Waals surface area contributed by atoms with Crippen molar-refractivity contribution in [3.05, 3.63) is 18.1 Å². The van der Waals surface area contributed by atoms with Gasteiger partial charge in [-0.15, -0.1) is 0 Å². The number of anilines is 1. The quantitative estimate of drug-likeness (QED) is 0.858. The van der Waals surface area contributed by atoms with Gasteiger partial charge in [0.15, 0.2) is 5.82 Å². The van der Waals surface area contributed by atoms with Gasteiger partial charge >= 0.3 is 12.1 Å². The van der Waals surface area contributed by atoms with Crippen molar-refractivity contribution in [2.75, 3.05) is 12.4 Å². The van der Waals surface area contributed by atoms with Crippen LogP contribution in [0.25, 0.3) is 0 Å². The largest absolute Gasteiger partial charge is 0.469 e. The average Bonchev–Trinajstić information content (AvgIpc) is 3.16. The molecule has 1 unspecified atom stereocenters. The molecular formula is C14H19N3O4. The number of nitrogens with zero attached hydrogens (tertiary/aromatic N) is 2. The number of hydrogen-bond acceptors (Lipinski definition) is 6. The Hall–Kier alpha value is -2.18. The Morgan fingerprint density at radius 2 is 2.00 bits per heavy atom. The molecule has 1 N–H and O–H groups in total. The van der Waals surface area contributed by atoms with E-state index in [0.717, 1.165) is 12.1 Å². The number of aromatic nitrogens is 2. The Balaban J connectivity index is 1.91. The number of nitrogens with one attached hydrogen (secondary N) is 1. The Morgan fingerprint density at radius 3 is 2.52 bits per heavy atom. The van der Waals surface area contributed by atoms with Gasteiger partial charge in [0, 0.05) is 5.92 Å². The van der Waals surface area contributed by atoms with Gasteiger partial charge < -0.3 is 9.47 Å². The van der Waals surface area contributed by atoms with Crippen molar-refractivity contribution in [1.29, 1.82) is 0 Å². The van der Waals surface area contributed by atoms with Gasteiger partial charge in [0.2, 0.25) is 0 Å². The second-order valence-corrected chi connectivity index (χ2v) is 5.93. The van der Waals surface area contributed by atoms with Crippen LogP contribution in [-0.2, 0) is 14.3 Å². The molecule has 2 rings (SSSR count). The Kier molecular flexibility index (Phi) is 4.11. The molecule has 1 heterocycles. The van der Waals surface area contributed by atoms with Crippen molar-refractivity contribution >= 4 is 17.9 Å². The zero-order valence-corrected chi connectivity index (χ0v) is 12.5. The van der Waals surface area contributed by atoms with Gasteiger partial charge in [0.05, 0.1) is 31.1 Å². The molecule has 1 aliphatic carbocycles. The van der Waals surface area contributed by atoms with Crippen molar-refractivity contribution in [3.63, 3.8) is 0 Å². The molecule has 7 nitrogen and oxygen atoms in total. The average molecular weight is 293 g/mol. The van der Waals surface area contributed by atoms with E-state index in [0.29, 0.717) is 5.82 Å².